The number of aromatic nitrogens is 1. The molecule has 1 saturated heterocycles. The molecule has 2 heterocycles. The number of benzene rings is 2. The van der Waals surface area contributed by atoms with Gasteiger partial charge in [0.05, 0.1) is 32.5 Å². The molecule has 1 aromatic heterocycles. The molecule has 34 heavy (non-hydrogen) atoms. The smallest absolute Gasteiger partial charge is 0.252 e. The number of terminal acetylenes is 1. The summed E-state index contributed by atoms with van der Waals surface area (Å²) in [5.74, 6) is 1.47. The fourth-order valence-electron chi connectivity index (χ4n) is 3.85. The minimum absolute atomic E-state index is 0.0369. The Morgan fingerprint density at radius 2 is 1.88 bits per heavy atom. The highest BCUT2D eigenvalue weighted by atomic mass is 32.2. The number of piperidine rings is 1. The molecule has 1 unspecified atom stereocenters. The largest absolute Gasteiger partial charge is 0.305 e. The van der Waals surface area contributed by atoms with Crippen LogP contribution in [0.2, 0.25) is 0 Å². The van der Waals surface area contributed by atoms with Crippen molar-refractivity contribution in [3.05, 3.63) is 53.3 Å². The fraction of sp³-hybridized carbons (Fsp3) is 0.273. The number of nitrogens with two attached hydrogens (primary N) is 1. The topological polar surface area (TPSA) is 132 Å². The molecule has 0 bridgehead atoms. The Bertz CT molecular complexity index is 1570. The zero-order chi connectivity index (χ0) is 24.5. The molecule has 1 atom stereocenters. The van der Waals surface area contributed by atoms with Crippen LogP contribution in [0.1, 0.15) is 12.8 Å². The Balaban J connectivity index is 1.67. The van der Waals surface area contributed by atoms with Crippen molar-refractivity contribution in [2.24, 2.45) is 16.0 Å². The molecule has 1 aliphatic heterocycles. The number of amides is 1. The molecule has 0 aliphatic carbocycles. The van der Waals surface area contributed by atoms with Crippen LogP contribution in [-0.2, 0) is 31.4 Å². The van der Waals surface area contributed by atoms with Crippen LogP contribution in [0.3, 0.4) is 0 Å². The number of nitrogens with zero attached hydrogens (tertiary/aromatic N) is 3. The van der Waals surface area contributed by atoms with Crippen molar-refractivity contribution in [1.29, 1.82) is 0 Å². The second-order valence-electron chi connectivity index (χ2n) is 7.81. The van der Waals surface area contributed by atoms with Gasteiger partial charge in [0.25, 0.3) is 5.91 Å². The summed E-state index contributed by atoms with van der Waals surface area (Å²) in [5, 5.41) is 5.23. The molecule has 0 radical (unpaired) electrons. The zero-order valence-corrected chi connectivity index (χ0v) is 20.4. The summed E-state index contributed by atoms with van der Waals surface area (Å²) in [7, 11) is -7.61. The summed E-state index contributed by atoms with van der Waals surface area (Å²) in [6.45, 7) is 0.493. The zero-order valence-electron chi connectivity index (χ0n) is 18.0. The standard InChI is InChI=1S/C22H22N4O5S3/c1-2-12-26-19-11-10-18(33(23,28)29)14-20(19)32-22(26)24-21(27)16-7-6-13-25(15-16)34(30,31)17-8-4-3-5-9-17/h1,3-5,8-11,14,16H,6-7,12-13,15H2,(H2,23,28,29). The van der Waals surface area contributed by atoms with Gasteiger partial charge in [0.1, 0.15) is 0 Å². The van der Waals surface area contributed by atoms with Crippen LogP contribution in [0.4, 0.5) is 0 Å². The number of fused-ring (bicyclic) bond motifs is 1. The third kappa shape index (κ3) is 4.84. The van der Waals surface area contributed by atoms with Gasteiger partial charge in [-0.2, -0.15) is 9.30 Å². The maximum Gasteiger partial charge on any atom is 0.252 e. The van der Waals surface area contributed by atoms with Gasteiger partial charge in [-0.25, -0.2) is 22.0 Å². The molecule has 178 valence electrons. The van der Waals surface area contributed by atoms with Gasteiger partial charge in [0, 0.05) is 13.1 Å². The van der Waals surface area contributed by atoms with E-state index >= 15 is 0 Å². The van der Waals surface area contributed by atoms with Crippen molar-refractivity contribution in [1.82, 2.24) is 8.87 Å². The highest BCUT2D eigenvalue weighted by molar-refractivity contribution is 7.89. The summed E-state index contributed by atoms with van der Waals surface area (Å²) in [6.07, 6.45) is 6.54. The molecular weight excluding hydrogens is 496 g/mol. The molecule has 4 rings (SSSR count). The molecule has 3 aromatic rings. The number of hydrogen-bond donors (Lipinski definition) is 1. The maximum atomic E-state index is 13.1. The Labute approximate surface area is 201 Å². The summed E-state index contributed by atoms with van der Waals surface area (Å²) in [4.78, 5) is 17.8. The van der Waals surface area contributed by atoms with E-state index in [1.807, 2.05) is 0 Å². The predicted octanol–water partition coefficient (Wildman–Crippen LogP) is 1.51. The van der Waals surface area contributed by atoms with Gasteiger partial charge in [-0.15, -0.1) is 6.42 Å². The van der Waals surface area contributed by atoms with E-state index in [0.717, 1.165) is 11.3 Å². The predicted molar refractivity (Wildman–Crippen MR) is 129 cm³/mol. The molecule has 0 spiro atoms. The Hall–Kier alpha value is -2.82. The van der Waals surface area contributed by atoms with E-state index in [1.165, 1.54) is 28.6 Å². The van der Waals surface area contributed by atoms with E-state index in [9.17, 15) is 21.6 Å². The Kier molecular flexibility index (Phi) is 6.75. The minimum atomic E-state index is -3.90. The van der Waals surface area contributed by atoms with Crippen LogP contribution < -0.4 is 9.94 Å². The maximum absolute atomic E-state index is 13.1. The number of primary sulfonamides is 1. The van der Waals surface area contributed by atoms with E-state index in [0.29, 0.717) is 34.4 Å². The first-order valence-corrected chi connectivity index (χ1v) is 14.1. The lowest BCUT2D eigenvalue weighted by Crippen LogP contribution is -2.42. The molecular formula is C22H22N4O5S3. The van der Waals surface area contributed by atoms with E-state index in [1.54, 1.807) is 28.8 Å². The average molecular weight is 519 g/mol. The van der Waals surface area contributed by atoms with Crippen molar-refractivity contribution in [3.8, 4) is 12.3 Å². The van der Waals surface area contributed by atoms with Gasteiger partial charge in [-0.05, 0) is 43.2 Å². The molecule has 1 aliphatic rings. The van der Waals surface area contributed by atoms with Crippen molar-refractivity contribution in [2.75, 3.05) is 13.1 Å². The monoisotopic (exact) mass is 518 g/mol. The lowest BCUT2D eigenvalue weighted by atomic mass is 9.99. The van der Waals surface area contributed by atoms with Gasteiger partial charge in [0.15, 0.2) is 4.80 Å². The summed E-state index contributed by atoms with van der Waals surface area (Å²) in [6, 6.07) is 12.5. The SMILES string of the molecule is C#CCn1c(=NC(=O)C2CCCN(S(=O)(=O)c3ccccc3)C2)sc2cc(S(N)(=O)=O)ccc21. The molecule has 0 saturated carbocycles. The quantitative estimate of drug-likeness (QED) is 0.512. The molecule has 12 heteroatoms. The lowest BCUT2D eigenvalue weighted by Gasteiger charge is -2.30. The molecule has 1 fully saturated rings. The first kappa shape index (κ1) is 24.3. The second kappa shape index (κ2) is 9.44. The van der Waals surface area contributed by atoms with Crippen LogP contribution in [0, 0.1) is 18.3 Å². The minimum Gasteiger partial charge on any atom is -0.305 e. The lowest BCUT2D eigenvalue weighted by molar-refractivity contribution is -0.122. The van der Waals surface area contributed by atoms with E-state index in [4.69, 9.17) is 11.6 Å². The number of sulfonamides is 2. The van der Waals surface area contributed by atoms with Crippen LogP contribution >= 0.6 is 11.3 Å². The van der Waals surface area contributed by atoms with Crippen molar-refractivity contribution >= 4 is 47.5 Å². The Morgan fingerprint density at radius 3 is 2.56 bits per heavy atom. The van der Waals surface area contributed by atoms with E-state index < -0.39 is 31.9 Å². The number of rotatable bonds is 5. The highest BCUT2D eigenvalue weighted by Crippen LogP contribution is 2.25. The van der Waals surface area contributed by atoms with Crippen molar-refractivity contribution in [3.63, 3.8) is 0 Å². The number of hydrogen-bond acceptors (Lipinski definition) is 6. The van der Waals surface area contributed by atoms with Gasteiger partial charge in [-0.3, -0.25) is 4.79 Å². The van der Waals surface area contributed by atoms with E-state index in [-0.39, 0.29) is 22.9 Å². The fourth-order valence-corrected chi connectivity index (χ4v) is 7.08. The van der Waals surface area contributed by atoms with Gasteiger partial charge in [-0.1, -0.05) is 35.5 Å². The number of thiazole rings is 1. The van der Waals surface area contributed by atoms with Gasteiger partial charge in [0.2, 0.25) is 20.0 Å². The van der Waals surface area contributed by atoms with Gasteiger partial charge < -0.3 is 4.57 Å². The summed E-state index contributed by atoms with van der Waals surface area (Å²) < 4.78 is 52.9. The van der Waals surface area contributed by atoms with Gasteiger partial charge >= 0.3 is 0 Å². The van der Waals surface area contributed by atoms with Crippen molar-refractivity contribution in [2.45, 2.75) is 29.2 Å². The van der Waals surface area contributed by atoms with Crippen LogP contribution in [0.25, 0.3) is 10.2 Å². The average Bonchev–Trinajstić information content (AvgIpc) is 3.15. The number of carbonyl (C=O) groups is 1. The highest BCUT2D eigenvalue weighted by Gasteiger charge is 2.33. The van der Waals surface area contributed by atoms with Crippen LogP contribution in [-0.4, -0.2) is 44.7 Å². The molecule has 1 amide bonds. The normalized spacial score (nSPS) is 18.1. The van der Waals surface area contributed by atoms with Crippen LogP contribution in [0.15, 0.2) is 63.3 Å². The van der Waals surface area contributed by atoms with E-state index in [2.05, 4.69) is 10.9 Å². The molecule has 9 nitrogen and oxygen atoms in total. The second-order valence-corrected chi connectivity index (χ2v) is 12.3. The molecule has 2 N–H and O–H groups in total. The first-order chi connectivity index (χ1) is 16.1. The third-order valence-electron chi connectivity index (χ3n) is 5.55. The molecule has 2 aromatic carbocycles. The Morgan fingerprint density at radius 1 is 1.15 bits per heavy atom. The third-order valence-corrected chi connectivity index (χ3v) is 9.38. The summed E-state index contributed by atoms with van der Waals surface area (Å²) in [5.41, 5.74) is 0.624. The first-order valence-electron chi connectivity index (χ1n) is 10.3. The number of carbonyl (C=O) groups excluding carboxylic acids is 1. The van der Waals surface area contributed by atoms with Crippen LogP contribution in [0.5, 0.6) is 0 Å². The summed E-state index contributed by atoms with van der Waals surface area (Å²) >= 11 is 1.12. The van der Waals surface area contributed by atoms with Crippen molar-refractivity contribution < 1.29 is 21.6 Å².